The molecule has 4 aromatic rings. The zero-order valence-corrected chi connectivity index (χ0v) is 16.2. The number of anilines is 1. The predicted octanol–water partition coefficient (Wildman–Crippen LogP) is 2.64. The minimum Gasteiger partial charge on any atom is -0.353 e. The van der Waals surface area contributed by atoms with Crippen LogP contribution >= 0.6 is 0 Å². The van der Waals surface area contributed by atoms with Gasteiger partial charge in [0, 0.05) is 67.3 Å². The lowest BCUT2D eigenvalue weighted by Gasteiger charge is -2.48. The molecule has 144 valence electrons. The van der Waals surface area contributed by atoms with E-state index in [-0.39, 0.29) is 0 Å². The van der Waals surface area contributed by atoms with E-state index in [4.69, 9.17) is 4.98 Å². The fourth-order valence-corrected chi connectivity index (χ4v) is 4.49. The zero-order chi connectivity index (χ0) is 19.4. The average molecular weight is 383 g/mol. The summed E-state index contributed by atoms with van der Waals surface area (Å²) < 4.78 is 1.81. The van der Waals surface area contributed by atoms with Crippen LogP contribution in [-0.2, 0) is 7.05 Å². The van der Waals surface area contributed by atoms with E-state index < -0.39 is 0 Å². The number of aromatic nitrogens is 5. The Hall–Kier alpha value is -3.32. The van der Waals surface area contributed by atoms with Crippen molar-refractivity contribution in [3.63, 3.8) is 0 Å². The summed E-state index contributed by atoms with van der Waals surface area (Å²) in [5, 5.41) is 8.91. The molecule has 2 bridgehead atoms. The number of pyridine rings is 1. The molecule has 29 heavy (non-hydrogen) atoms. The highest BCUT2D eigenvalue weighted by molar-refractivity contribution is 5.97. The summed E-state index contributed by atoms with van der Waals surface area (Å²) in [7, 11) is 1.93. The highest BCUT2D eigenvalue weighted by Gasteiger charge is 2.36. The van der Waals surface area contributed by atoms with Gasteiger partial charge in [0.1, 0.15) is 12.1 Å². The van der Waals surface area contributed by atoms with Gasteiger partial charge in [0.2, 0.25) is 0 Å². The van der Waals surface area contributed by atoms with Crippen molar-refractivity contribution in [2.24, 2.45) is 7.05 Å². The topological polar surface area (TPSA) is 71.8 Å². The van der Waals surface area contributed by atoms with E-state index >= 15 is 0 Å². The van der Waals surface area contributed by atoms with E-state index in [1.807, 2.05) is 36.5 Å². The predicted molar refractivity (Wildman–Crippen MR) is 113 cm³/mol. The van der Waals surface area contributed by atoms with E-state index in [1.54, 1.807) is 6.33 Å². The minimum absolute atomic E-state index is 0.618. The molecule has 1 aromatic carbocycles. The third-order valence-corrected chi connectivity index (χ3v) is 5.97. The van der Waals surface area contributed by atoms with Gasteiger partial charge in [0.15, 0.2) is 0 Å². The zero-order valence-electron chi connectivity index (χ0n) is 16.2. The van der Waals surface area contributed by atoms with E-state index in [1.165, 1.54) is 6.42 Å². The first kappa shape index (κ1) is 16.6. The SMILES string of the molecule is Cn1cc(-c2cc(-c3ccc(N4CC5CC(C4)N5)nc3)c3cncnc3c2)cn1. The van der Waals surface area contributed by atoms with Crippen LogP contribution in [0.5, 0.6) is 0 Å². The van der Waals surface area contributed by atoms with Gasteiger partial charge >= 0.3 is 0 Å². The number of fused-ring (bicyclic) bond motifs is 3. The molecule has 2 unspecified atom stereocenters. The van der Waals surface area contributed by atoms with Crippen LogP contribution in [0.15, 0.2) is 55.4 Å². The van der Waals surface area contributed by atoms with Gasteiger partial charge in [0.25, 0.3) is 0 Å². The van der Waals surface area contributed by atoms with E-state index in [2.05, 4.69) is 49.5 Å². The Kier molecular flexibility index (Phi) is 3.64. The molecule has 0 aliphatic carbocycles. The maximum Gasteiger partial charge on any atom is 0.128 e. The third-order valence-electron chi connectivity index (χ3n) is 5.97. The van der Waals surface area contributed by atoms with E-state index in [9.17, 15) is 0 Å². The molecule has 3 saturated heterocycles. The molecule has 0 radical (unpaired) electrons. The summed E-state index contributed by atoms with van der Waals surface area (Å²) in [6, 6.07) is 9.79. The summed E-state index contributed by atoms with van der Waals surface area (Å²) >= 11 is 0. The molecule has 7 nitrogen and oxygen atoms in total. The van der Waals surface area contributed by atoms with Crippen molar-refractivity contribution in [1.82, 2.24) is 30.0 Å². The van der Waals surface area contributed by atoms with Gasteiger partial charge in [-0.2, -0.15) is 5.10 Å². The lowest BCUT2D eigenvalue weighted by Crippen LogP contribution is -2.67. The van der Waals surface area contributed by atoms with Crippen LogP contribution in [0.25, 0.3) is 33.2 Å². The second-order valence-corrected chi connectivity index (χ2v) is 7.99. The Morgan fingerprint density at radius 1 is 0.966 bits per heavy atom. The number of nitrogens with one attached hydrogen (secondary N) is 1. The molecule has 7 heteroatoms. The van der Waals surface area contributed by atoms with Crippen molar-refractivity contribution >= 4 is 16.7 Å². The van der Waals surface area contributed by atoms with Gasteiger partial charge in [0.05, 0.1) is 11.7 Å². The maximum absolute atomic E-state index is 4.79. The smallest absolute Gasteiger partial charge is 0.128 e. The molecule has 7 rings (SSSR count). The number of nitrogens with zero attached hydrogens (tertiary/aromatic N) is 6. The van der Waals surface area contributed by atoms with E-state index in [0.717, 1.165) is 52.1 Å². The normalized spacial score (nSPS) is 20.7. The Morgan fingerprint density at radius 3 is 2.55 bits per heavy atom. The van der Waals surface area contributed by atoms with Crippen LogP contribution in [-0.4, -0.2) is 49.9 Å². The fourth-order valence-electron chi connectivity index (χ4n) is 4.49. The first-order valence-corrected chi connectivity index (χ1v) is 9.93. The summed E-state index contributed by atoms with van der Waals surface area (Å²) in [5.41, 5.74) is 5.23. The standard InChI is InChI=1S/C22H21N7/c1-28-10-16(8-26-28)15-4-19(20-9-23-13-25-21(20)5-15)14-2-3-22(24-7-14)29-11-17-6-18(12-29)27-17/h2-5,7-10,13,17-18,27H,6,11-12H2,1H3. The van der Waals surface area contributed by atoms with Gasteiger partial charge in [-0.15, -0.1) is 0 Å². The van der Waals surface area contributed by atoms with Crippen molar-refractivity contribution in [2.45, 2.75) is 18.5 Å². The van der Waals surface area contributed by atoms with Crippen molar-refractivity contribution < 1.29 is 0 Å². The van der Waals surface area contributed by atoms with Crippen LogP contribution < -0.4 is 10.2 Å². The Bertz CT molecular complexity index is 1180. The Balaban J connectivity index is 1.41. The maximum atomic E-state index is 4.79. The number of hydrogen-bond donors (Lipinski definition) is 1. The largest absolute Gasteiger partial charge is 0.353 e. The second kappa shape index (κ2) is 6.35. The summed E-state index contributed by atoms with van der Waals surface area (Å²) in [6.45, 7) is 2.08. The minimum atomic E-state index is 0.618. The molecular weight excluding hydrogens is 362 g/mol. The molecule has 2 atom stereocenters. The van der Waals surface area contributed by atoms with Gasteiger partial charge < -0.3 is 10.2 Å². The second-order valence-electron chi connectivity index (χ2n) is 7.99. The molecule has 3 aromatic heterocycles. The molecule has 0 amide bonds. The quantitative estimate of drug-likeness (QED) is 0.586. The van der Waals surface area contributed by atoms with Crippen LogP contribution in [0.3, 0.4) is 0 Å². The van der Waals surface area contributed by atoms with Gasteiger partial charge in [-0.1, -0.05) is 0 Å². The highest BCUT2D eigenvalue weighted by Crippen LogP contribution is 2.33. The lowest BCUT2D eigenvalue weighted by molar-refractivity contribution is 0.225. The average Bonchev–Trinajstić information content (AvgIpc) is 3.19. The Morgan fingerprint density at radius 2 is 1.83 bits per heavy atom. The van der Waals surface area contributed by atoms with Crippen LogP contribution in [0.4, 0.5) is 5.82 Å². The molecule has 0 saturated carbocycles. The van der Waals surface area contributed by atoms with Crippen LogP contribution in [0.1, 0.15) is 6.42 Å². The number of aryl methyl sites for hydroxylation is 1. The first-order valence-electron chi connectivity index (χ1n) is 9.93. The first-order chi connectivity index (χ1) is 14.2. The van der Waals surface area contributed by atoms with E-state index in [0.29, 0.717) is 12.1 Å². The lowest BCUT2D eigenvalue weighted by atomic mass is 9.91. The highest BCUT2D eigenvalue weighted by atomic mass is 15.3. The molecule has 3 aliphatic rings. The number of piperazine rings is 1. The third kappa shape index (κ3) is 2.86. The van der Waals surface area contributed by atoms with Gasteiger partial charge in [-0.25, -0.2) is 15.0 Å². The summed E-state index contributed by atoms with van der Waals surface area (Å²) in [5.74, 6) is 1.05. The molecule has 1 N–H and O–H groups in total. The molecular formula is C22H21N7. The number of piperidine rings is 1. The molecule has 6 heterocycles. The number of rotatable bonds is 3. The summed E-state index contributed by atoms with van der Waals surface area (Å²) in [4.78, 5) is 15.9. The van der Waals surface area contributed by atoms with Crippen LogP contribution in [0, 0.1) is 0 Å². The van der Waals surface area contributed by atoms with Gasteiger partial charge in [-0.3, -0.25) is 4.68 Å². The fraction of sp³-hybridized carbons (Fsp3) is 0.273. The molecule has 3 fully saturated rings. The molecule has 3 aliphatic heterocycles. The molecule has 0 spiro atoms. The summed E-state index contributed by atoms with van der Waals surface area (Å²) in [6.07, 6.45) is 10.6. The van der Waals surface area contributed by atoms with Crippen LogP contribution in [0.2, 0.25) is 0 Å². The number of benzene rings is 1. The van der Waals surface area contributed by atoms with Crippen molar-refractivity contribution in [2.75, 3.05) is 18.0 Å². The number of hydrogen-bond acceptors (Lipinski definition) is 6. The van der Waals surface area contributed by atoms with Crippen molar-refractivity contribution in [3.8, 4) is 22.3 Å². The van der Waals surface area contributed by atoms with Crippen molar-refractivity contribution in [3.05, 3.63) is 55.4 Å². The monoisotopic (exact) mass is 383 g/mol. The van der Waals surface area contributed by atoms with Crippen molar-refractivity contribution in [1.29, 1.82) is 0 Å². The van der Waals surface area contributed by atoms with Gasteiger partial charge in [-0.05, 0) is 41.8 Å². The Labute approximate surface area is 168 Å².